The Kier molecular flexibility index (Phi) is 4.94. The first-order chi connectivity index (χ1) is 12.6. The summed E-state index contributed by atoms with van der Waals surface area (Å²) in [6.45, 7) is 0.118. The van der Waals surface area contributed by atoms with Crippen molar-refractivity contribution in [3.8, 4) is 16.9 Å². The van der Waals surface area contributed by atoms with Crippen molar-refractivity contribution >= 4 is 11.7 Å². The van der Waals surface area contributed by atoms with Crippen LogP contribution in [0.25, 0.3) is 11.1 Å². The highest BCUT2D eigenvalue weighted by molar-refractivity contribution is 5.89. The fourth-order valence-electron chi connectivity index (χ4n) is 2.62. The Morgan fingerprint density at radius 2 is 1.62 bits per heavy atom. The van der Waals surface area contributed by atoms with Crippen molar-refractivity contribution in [3.63, 3.8) is 0 Å². The van der Waals surface area contributed by atoms with Crippen LogP contribution in [-0.2, 0) is 6.61 Å². The molecule has 0 aliphatic rings. The molecule has 1 N–H and O–H groups in total. The van der Waals surface area contributed by atoms with Gasteiger partial charge in [-0.2, -0.15) is 0 Å². The van der Waals surface area contributed by atoms with Gasteiger partial charge in [-0.15, -0.1) is 0 Å². The predicted octanol–water partition coefficient (Wildman–Crippen LogP) is 4.54. The van der Waals surface area contributed by atoms with Gasteiger partial charge in [0.15, 0.2) is 0 Å². The number of aromatic carboxylic acids is 1. The summed E-state index contributed by atoms with van der Waals surface area (Å²) in [5.74, 6) is -0.455. The lowest BCUT2D eigenvalue weighted by atomic mass is 10.0. The second-order valence-electron chi connectivity index (χ2n) is 5.55. The lowest BCUT2D eigenvalue weighted by Gasteiger charge is -2.09. The van der Waals surface area contributed by atoms with Gasteiger partial charge in [0.05, 0.1) is 16.1 Å². The molecule has 0 aromatic heterocycles. The molecule has 0 amide bonds. The van der Waals surface area contributed by atoms with Gasteiger partial charge in [0.2, 0.25) is 0 Å². The SMILES string of the molecule is O=C(O)c1ccccc1COc1ccc(-c2ccccc2[N+](=O)[O-])cc1. The third-order valence-electron chi connectivity index (χ3n) is 3.91. The standard InChI is InChI=1S/C20H15NO5/c22-20(23)18-7-2-1-5-15(18)13-26-16-11-9-14(10-12-16)17-6-3-4-8-19(17)21(24)25/h1-12H,13H2,(H,22,23). The van der Waals surface area contributed by atoms with Crippen molar-refractivity contribution in [2.45, 2.75) is 6.61 Å². The normalized spacial score (nSPS) is 10.3. The van der Waals surface area contributed by atoms with Gasteiger partial charge in [-0.3, -0.25) is 10.1 Å². The Labute approximate surface area is 149 Å². The van der Waals surface area contributed by atoms with E-state index in [1.807, 2.05) is 0 Å². The third kappa shape index (κ3) is 3.70. The molecule has 0 bridgehead atoms. The van der Waals surface area contributed by atoms with E-state index in [2.05, 4.69) is 0 Å². The van der Waals surface area contributed by atoms with E-state index in [0.29, 0.717) is 22.4 Å². The molecule has 0 saturated heterocycles. The van der Waals surface area contributed by atoms with E-state index in [4.69, 9.17) is 4.74 Å². The van der Waals surface area contributed by atoms with Gasteiger partial charge in [-0.05, 0) is 29.8 Å². The number of carboxylic acids is 1. The predicted molar refractivity (Wildman–Crippen MR) is 96.3 cm³/mol. The Bertz CT molecular complexity index is 950. The van der Waals surface area contributed by atoms with Crippen molar-refractivity contribution < 1.29 is 19.6 Å². The molecular formula is C20H15NO5. The number of carbonyl (C=O) groups is 1. The summed E-state index contributed by atoms with van der Waals surface area (Å²) >= 11 is 0. The van der Waals surface area contributed by atoms with Crippen molar-refractivity contribution in [2.75, 3.05) is 0 Å². The summed E-state index contributed by atoms with van der Waals surface area (Å²) in [6.07, 6.45) is 0. The number of hydrogen-bond acceptors (Lipinski definition) is 4. The molecule has 3 aromatic carbocycles. The molecule has 26 heavy (non-hydrogen) atoms. The fraction of sp³-hybridized carbons (Fsp3) is 0.0500. The summed E-state index contributed by atoms with van der Waals surface area (Å²) in [6, 6.07) is 20.0. The molecular weight excluding hydrogens is 334 g/mol. The van der Waals surface area contributed by atoms with Crippen molar-refractivity contribution in [1.29, 1.82) is 0 Å². The monoisotopic (exact) mass is 349 g/mol. The zero-order chi connectivity index (χ0) is 18.5. The van der Waals surface area contributed by atoms with E-state index >= 15 is 0 Å². The highest BCUT2D eigenvalue weighted by Crippen LogP contribution is 2.30. The van der Waals surface area contributed by atoms with E-state index in [1.54, 1.807) is 60.7 Å². The molecule has 130 valence electrons. The molecule has 0 radical (unpaired) electrons. The number of nitrogens with zero attached hydrogens (tertiary/aromatic N) is 1. The van der Waals surface area contributed by atoms with E-state index in [1.165, 1.54) is 12.1 Å². The fourth-order valence-corrected chi connectivity index (χ4v) is 2.62. The number of hydrogen-bond donors (Lipinski definition) is 1. The quantitative estimate of drug-likeness (QED) is 0.521. The maximum atomic E-state index is 11.2. The molecule has 0 spiro atoms. The first kappa shape index (κ1) is 17.2. The van der Waals surface area contributed by atoms with Crippen LogP contribution in [-0.4, -0.2) is 16.0 Å². The summed E-state index contributed by atoms with van der Waals surface area (Å²) in [5.41, 5.74) is 2.04. The van der Waals surface area contributed by atoms with Crippen LogP contribution in [0, 0.1) is 10.1 Å². The number of nitro groups is 1. The number of nitro benzene ring substituents is 1. The summed E-state index contributed by atoms with van der Waals surface area (Å²) in [7, 11) is 0. The largest absolute Gasteiger partial charge is 0.489 e. The maximum Gasteiger partial charge on any atom is 0.336 e. The van der Waals surface area contributed by atoms with E-state index in [9.17, 15) is 20.0 Å². The van der Waals surface area contributed by atoms with Gasteiger partial charge in [0, 0.05) is 11.6 Å². The number of carboxylic acid groups (broad SMARTS) is 1. The minimum atomic E-state index is -1.00. The minimum Gasteiger partial charge on any atom is -0.489 e. The highest BCUT2D eigenvalue weighted by atomic mass is 16.6. The lowest BCUT2D eigenvalue weighted by Crippen LogP contribution is -2.05. The van der Waals surface area contributed by atoms with Crippen molar-refractivity contribution in [3.05, 3.63) is 94.0 Å². The van der Waals surface area contributed by atoms with Crippen LogP contribution < -0.4 is 4.74 Å². The summed E-state index contributed by atoms with van der Waals surface area (Å²) in [4.78, 5) is 21.9. The minimum absolute atomic E-state index is 0.0385. The first-order valence-electron chi connectivity index (χ1n) is 7.84. The Balaban J connectivity index is 1.77. The third-order valence-corrected chi connectivity index (χ3v) is 3.91. The Morgan fingerprint density at radius 3 is 2.31 bits per heavy atom. The van der Waals surface area contributed by atoms with Crippen molar-refractivity contribution in [2.24, 2.45) is 0 Å². The molecule has 0 unspecified atom stereocenters. The Hall–Kier alpha value is -3.67. The molecule has 0 aliphatic heterocycles. The van der Waals surface area contributed by atoms with Crippen LogP contribution in [0.4, 0.5) is 5.69 Å². The molecule has 0 fully saturated rings. The van der Waals surface area contributed by atoms with Crippen LogP contribution >= 0.6 is 0 Å². The average Bonchev–Trinajstić information content (AvgIpc) is 2.67. The van der Waals surface area contributed by atoms with E-state index in [-0.39, 0.29) is 17.9 Å². The number of ether oxygens (including phenoxy) is 1. The molecule has 0 atom stereocenters. The van der Waals surface area contributed by atoms with Crippen LogP contribution in [0.15, 0.2) is 72.8 Å². The zero-order valence-electron chi connectivity index (χ0n) is 13.7. The average molecular weight is 349 g/mol. The topological polar surface area (TPSA) is 89.7 Å². The van der Waals surface area contributed by atoms with Crippen LogP contribution in [0.1, 0.15) is 15.9 Å². The van der Waals surface area contributed by atoms with Gasteiger partial charge in [-0.1, -0.05) is 42.5 Å². The lowest BCUT2D eigenvalue weighted by molar-refractivity contribution is -0.384. The second-order valence-corrected chi connectivity index (χ2v) is 5.55. The van der Waals surface area contributed by atoms with Crippen LogP contribution in [0.3, 0.4) is 0 Å². The first-order valence-corrected chi connectivity index (χ1v) is 7.84. The highest BCUT2D eigenvalue weighted by Gasteiger charge is 2.14. The number of benzene rings is 3. The smallest absolute Gasteiger partial charge is 0.336 e. The van der Waals surface area contributed by atoms with Gasteiger partial charge in [0.1, 0.15) is 12.4 Å². The van der Waals surface area contributed by atoms with Gasteiger partial charge in [-0.25, -0.2) is 4.79 Å². The zero-order valence-corrected chi connectivity index (χ0v) is 13.7. The van der Waals surface area contributed by atoms with Crippen LogP contribution in [0.5, 0.6) is 5.75 Å². The molecule has 0 aliphatic carbocycles. The molecule has 6 heteroatoms. The van der Waals surface area contributed by atoms with Gasteiger partial charge in [0.25, 0.3) is 5.69 Å². The Morgan fingerprint density at radius 1 is 0.962 bits per heavy atom. The number of para-hydroxylation sites is 1. The van der Waals surface area contributed by atoms with E-state index in [0.717, 1.165) is 0 Å². The maximum absolute atomic E-state index is 11.2. The molecule has 3 rings (SSSR count). The summed E-state index contributed by atoms with van der Waals surface area (Å²) < 4.78 is 5.65. The van der Waals surface area contributed by atoms with E-state index < -0.39 is 10.9 Å². The number of rotatable bonds is 6. The van der Waals surface area contributed by atoms with Crippen molar-refractivity contribution in [1.82, 2.24) is 0 Å². The van der Waals surface area contributed by atoms with Gasteiger partial charge < -0.3 is 9.84 Å². The molecule has 3 aromatic rings. The summed E-state index contributed by atoms with van der Waals surface area (Å²) in [5, 5.41) is 20.3. The molecule has 6 nitrogen and oxygen atoms in total. The van der Waals surface area contributed by atoms with Gasteiger partial charge >= 0.3 is 5.97 Å². The molecule has 0 saturated carbocycles. The second kappa shape index (κ2) is 7.48. The van der Waals surface area contributed by atoms with Crippen LogP contribution in [0.2, 0.25) is 0 Å². The molecule has 0 heterocycles.